The Labute approximate surface area is 38.6 Å². The van der Waals surface area contributed by atoms with E-state index in [1.807, 2.05) is 6.92 Å². The van der Waals surface area contributed by atoms with Crippen molar-refractivity contribution in [2.75, 3.05) is 0 Å². The van der Waals surface area contributed by atoms with Crippen molar-refractivity contribution in [2.24, 2.45) is 5.92 Å². The molecule has 1 nitrogen and oxygen atoms in total. The standard InChI is InChI=1S/C5H8N/c1-3-5(2)4-6/h5H,1,3H2,2H3. The van der Waals surface area contributed by atoms with E-state index >= 15 is 0 Å². The lowest BCUT2D eigenvalue weighted by Crippen LogP contribution is -1.82. The third-order valence-electron chi connectivity index (χ3n) is 0.653. The second kappa shape index (κ2) is 2.71. The van der Waals surface area contributed by atoms with E-state index in [0.717, 1.165) is 6.42 Å². The highest BCUT2D eigenvalue weighted by molar-refractivity contribution is 4.78. The Hall–Kier alpha value is -0.510. The van der Waals surface area contributed by atoms with Gasteiger partial charge in [-0.1, -0.05) is 6.92 Å². The highest BCUT2D eigenvalue weighted by atomic mass is 14.2. The van der Waals surface area contributed by atoms with E-state index in [0.29, 0.717) is 0 Å². The zero-order valence-electron chi connectivity index (χ0n) is 3.94. The molecule has 0 bridgehead atoms. The number of rotatable bonds is 1. The molecule has 1 heteroatoms. The van der Waals surface area contributed by atoms with Crippen molar-refractivity contribution in [3.63, 3.8) is 0 Å². The fourth-order valence-corrected chi connectivity index (χ4v) is 0.0645. The Morgan fingerprint density at radius 2 is 2.50 bits per heavy atom. The maximum atomic E-state index is 8.04. The monoisotopic (exact) mass is 82.1 g/mol. The molecule has 0 aromatic rings. The average molecular weight is 82.1 g/mol. The van der Waals surface area contributed by atoms with Gasteiger partial charge in [-0.2, -0.15) is 5.26 Å². The van der Waals surface area contributed by atoms with E-state index in [-0.39, 0.29) is 5.92 Å². The molecule has 1 atom stereocenters. The first kappa shape index (κ1) is 5.49. The van der Waals surface area contributed by atoms with Crippen LogP contribution in [0.1, 0.15) is 13.3 Å². The van der Waals surface area contributed by atoms with Crippen molar-refractivity contribution in [1.82, 2.24) is 0 Å². The maximum absolute atomic E-state index is 8.04. The summed E-state index contributed by atoms with van der Waals surface area (Å²) in [6.45, 7) is 5.39. The van der Waals surface area contributed by atoms with Gasteiger partial charge in [-0.05, 0) is 13.3 Å². The van der Waals surface area contributed by atoms with Crippen LogP contribution in [0.15, 0.2) is 0 Å². The van der Waals surface area contributed by atoms with E-state index in [1.165, 1.54) is 0 Å². The smallest absolute Gasteiger partial charge is 0.0652 e. The van der Waals surface area contributed by atoms with Crippen molar-refractivity contribution in [3.05, 3.63) is 6.92 Å². The van der Waals surface area contributed by atoms with E-state index in [4.69, 9.17) is 5.26 Å². The van der Waals surface area contributed by atoms with Crippen molar-refractivity contribution < 1.29 is 0 Å². The van der Waals surface area contributed by atoms with Gasteiger partial charge in [0.25, 0.3) is 0 Å². The summed E-state index contributed by atoms with van der Waals surface area (Å²) < 4.78 is 0. The van der Waals surface area contributed by atoms with E-state index < -0.39 is 0 Å². The van der Waals surface area contributed by atoms with Gasteiger partial charge in [0.05, 0.1) is 6.07 Å². The molecule has 0 saturated heterocycles. The Balaban J connectivity index is 3.04. The third kappa shape index (κ3) is 1.78. The molecule has 0 spiro atoms. The quantitative estimate of drug-likeness (QED) is 0.468. The van der Waals surface area contributed by atoms with Gasteiger partial charge in [0, 0.05) is 5.92 Å². The lowest BCUT2D eigenvalue weighted by molar-refractivity contribution is 0.758. The minimum atomic E-state index is 0.130. The van der Waals surface area contributed by atoms with Crippen LogP contribution >= 0.6 is 0 Å². The van der Waals surface area contributed by atoms with Gasteiger partial charge in [0.1, 0.15) is 0 Å². The normalized spacial score (nSPS) is 12.8. The van der Waals surface area contributed by atoms with Gasteiger partial charge in [-0.25, -0.2) is 0 Å². The number of hydrogen-bond donors (Lipinski definition) is 0. The summed E-state index contributed by atoms with van der Waals surface area (Å²) in [7, 11) is 0. The second-order valence-corrected chi connectivity index (χ2v) is 1.32. The molecule has 0 aromatic carbocycles. The Morgan fingerprint density at radius 1 is 2.00 bits per heavy atom. The van der Waals surface area contributed by atoms with Gasteiger partial charge in [0.2, 0.25) is 0 Å². The minimum absolute atomic E-state index is 0.130. The molecule has 0 rings (SSSR count). The highest BCUT2D eigenvalue weighted by Gasteiger charge is 1.88. The van der Waals surface area contributed by atoms with Crippen LogP contribution in [0.2, 0.25) is 0 Å². The first-order chi connectivity index (χ1) is 2.81. The topological polar surface area (TPSA) is 23.8 Å². The molecular formula is C5H8N. The zero-order valence-corrected chi connectivity index (χ0v) is 3.94. The lowest BCUT2D eigenvalue weighted by Gasteiger charge is -1.87. The van der Waals surface area contributed by atoms with Crippen molar-refractivity contribution >= 4 is 0 Å². The first-order valence-electron chi connectivity index (χ1n) is 2.00. The Bertz CT molecular complexity index is 60.8. The highest BCUT2D eigenvalue weighted by Crippen LogP contribution is 1.93. The van der Waals surface area contributed by atoms with Gasteiger partial charge < -0.3 is 0 Å². The molecule has 0 N–H and O–H groups in total. The summed E-state index contributed by atoms with van der Waals surface area (Å²) in [5, 5.41) is 8.04. The number of nitriles is 1. The third-order valence-corrected chi connectivity index (χ3v) is 0.653. The molecule has 1 radical (unpaired) electrons. The molecule has 0 aliphatic rings. The minimum Gasteiger partial charge on any atom is -0.198 e. The summed E-state index contributed by atoms with van der Waals surface area (Å²) in [4.78, 5) is 0. The summed E-state index contributed by atoms with van der Waals surface area (Å²) >= 11 is 0. The molecule has 1 unspecified atom stereocenters. The van der Waals surface area contributed by atoms with E-state index in [2.05, 4.69) is 13.0 Å². The fourth-order valence-electron chi connectivity index (χ4n) is 0.0645. The van der Waals surface area contributed by atoms with E-state index in [1.54, 1.807) is 0 Å². The van der Waals surface area contributed by atoms with Crippen LogP contribution in [0.25, 0.3) is 0 Å². The van der Waals surface area contributed by atoms with Gasteiger partial charge in [-0.15, -0.1) is 0 Å². The lowest BCUT2D eigenvalue weighted by atomic mass is 10.2. The van der Waals surface area contributed by atoms with Crippen LogP contribution in [0.4, 0.5) is 0 Å². The number of nitrogens with zero attached hydrogens (tertiary/aromatic N) is 1. The molecule has 6 heavy (non-hydrogen) atoms. The predicted octanol–water partition coefficient (Wildman–Crippen LogP) is 1.37. The van der Waals surface area contributed by atoms with Crippen molar-refractivity contribution in [1.29, 1.82) is 5.26 Å². The molecule has 0 fully saturated rings. The largest absolute Gasteiger partial charge is 0.198 e. The molecule has 0 aliphatic carbocycles. The van der Waals surface area contributed by atoms with Gasteiger partial charge in [-0.3, -0.25) is 0 Å². The average Bonchev–Trinajstić information content (AvgIpc) is 1.65. The van der Waals surface area contributed by atoms with Crippen LogP contribution in [0, 0.1) is 24.2 Å². The molecular weight excluding hydrogens is 74.1 g/mol. The summed E-state index contributed by atoms with van der Waals surface area (Å²) in [5.41, 5.74) is 0. The van der Waals surface area contributed by atoms with Gasteiger partial charge in [0.15, 0.2) is 0 Å². The van der Waals surface area contributed by atoms with Crippen LogP contribution in [0.3, 0.4) is 0 Å². The SMILES string of the molecule is [CH2]CC(C)C#N. The van der Waals surface area contributed by atoms with Crippen LogP contribution in [-0.4, -0.2) is 0 Å². The summed E-state index contributed by atoms with van der Waals surface area (Å²) in [6.07, 6.45) is 0.719. The number of hydrogen-bond acceptors (Lipinski definition) is 1. The van der Waals surface area contributed by atoms with Crippen LogP contribution in [0.5, 0.6) is 0 Å². The Kier molecular flexibility index (Phi) is 2.48. The first-order valence-corrected chi connectivity index (χ1v) is 2.00. The zero-order chi connectivity index (χ0) is 4.99. The summed E-state index contributed by atoms with van der Waals surface area (Å²) in [5.74, 6) is 0.130. The van der Waals surface area contributed by atoms with Crippen LogP contribution in [-0.2, 0) is 0 Å². The van der Waals surface area contributed by atoms with Crippen LogP contribution < -0.4 is 0 Å². The molecule has 0 aromatic heterocycles. The van der Waals surface area contributed by atoms with E-state index in [9.17, 15) is 0 Å². The summed E-state index contributed by atoms with van der Waals surface area (Å²) in [6, 6.07) is 2.05. The molecule has 33 valence electrons. The molecule has 0 saturated carbocycles. The van der Waals surface area contributed by atoms with Crippen molar-refractivity contribution in [3.8, 4) is 6.07 Å². The fraction of sp³-hybridized carbons (Fsp3) is 0.600. The molecule has 0 heterocycles. The maximum Gasteiger partial charge on any atom is 0.0652 e. The second-order valence-electron chi connectivity index (χ2n) is 1.32. The molecule has 0 aliphatic heterocycles. The van der Waals surface area contributed by atoms with Gasteiger partial charge >= 0.3 is 0 Å². The predicted molar refractivity (Wildman–Crippen MR) is 24.8 cm³/mol. The molecule has 0 amide bonds. The van der Waals surface area contributed by atoms with Crippen molar-refractivity contribution in [2.45, 2.75) is 13.3 Å². The Morgan fingerprint density at radius 3 is 2.50 bits per heavy atom.